The number of carbonyl (C=O) groups is 2. The minimum Gasteiger partial charge on any atom is -0.457 e. The first-order valence-electron chi connectivity index (χ1n) is 8.79. The number of hydrogen-bond acceptors (Lipinski definition) is 6. The van der Waals surface area contributed by atoms with Gasteiger partial charge in [-0.1, -0.05) is 36.8 Å². The van der Waals surface area contributed by atoms with Crippen molar-refractivity contribution in [3.63, 3.8) is 0 Å². The van der Waals surface area contributed by atoms with E-state index < -0.39 is 16.0 Å². The fourth-order valence-electron chi connectivity index (χ4n) is 2.87. The number of hydrogen-bond donors (Lipinski definition) is 0. The van der Waals surface area contributed by atoms with Crippen molar-refractivity contribution in [2.75, 3.05) is 19.7 Å². The molecule has 6 nitrogen and oxygen atoms in total. The predicted octanol–water partition coefficient (Wildman–Crippen LogP) is 2.89. The summed E-state index contributed by atoms with van der Waals surface area (Å²) in [6, 6.07) is 11.8. The van der Waals surface area contributed by atoms with Gasteiger partial charge in [-0.15, -0.1) is 11.3 Å². The fraction of sp³-hybridized carbons (Fsp3) is 0.368. The molecule has 0 spiro atoms. The van der Waals surface area contributed by atoms with Gasteiger partial charge in [0.2, 0.25) is 0 Å². The second-order valence-electron chi connectivity index (χ2n) is 6.31. The van der Waals surface area contributed by atoms with E-state index in [1.165, 1.54) is 10.4 Å². The highest BCUT2D eigenvalue weighted by atomic mass is 32.2. The van der Waals surface area contributed by atoms with Gasteiger partial charge in [0, 0.05) is 23.5 Å². The molecule has 2 aromatic rings. The van der Waals surface area contributed by atoms with Crippen LogP contribution in [0.25, 0.3) is 0 Å². The Labute approximate surface area is 162 Å². The van der Waals surface area contributed by atoms with Crippen LogP contribution in [0, 0.1) is 0 Å². The van der Waals surface area contributed by atoms with Crippen molar-refractivity contribution in [3.8, 4) is 0 Å². The van der Waals surface area contributed by atoms with Gasteiger partial charge in [-0.25, -0.2) is 8.42 Å². The van der Waals surface area contributed by atoms with Gasteiger partial charge in [0.25, 0.3) is 10.0 Å². The van der Waals surface area contributed by atoms with Crippen molar-refractivity contribution in [2.24, 2.45) is 0 Å². The molecule has 0 unspecified atom stereocenters. The number of nitrogens with zero attached hydrogens (tertiary/aromatic N) is 1. The normalized spacial score (nSPS) is 15.4. The Morgan fingerprint density at radius 1 is 1.00 bits per heavy atom. The number of ether oxygens (including phenoxy) is 1. The Kier molecular flexibility index (Phi) is 6.41. The minimum absolute atomic E-state index is 0.0533. The van der Waals surface area contributed by atoms with Crippen LogP contribution in [0.3, 0.4) is 0 Å². The van der Waals surface area contributed by atoms with Gasteiger partial charge in [-0.05, 0) is 25.0 Å². The number of benzene rings is 1. The average Bonchev–Trinajstić information content (AvgIpc) is 3.17. The lowest BCUT2D eigenvalue weighted by atomic mass is 10.1. The number of thiophene rings is 1. The molecule has 0 N–H and O–H groups in total. The Morgan fingerprint density at radius 3 is 2.41 bits per heavy atom. The molecule has 0 saturated carbocycles. The molecule has 144 valence electrons. The molecule has 1 aromatic carbocycles. The molecule has 3 rings (SSSR count). The van der Waals surface area contributed by atoms with Crippen molar-refractivity contribution in [1.29, 1.82) is 0 Å². The fourth-order valence-corrected chi connectivity index (χ4v) is 5.88. The van der Waals surface area contributed by atoms with E-state index in [1.807, 2.05) is 0 Å². The van der Waals surface area contributed by atoms with Crippen molar-refractivity contribution in [1.82, 2.24) is 4.31 Å². The van der Waals surface area contributed by atoms with Crippen LogP contribution in [0.15, 0.2) is 46.7 Å². The summed E-state index contributed by atoms with van der Waals surface area (Å²) in [5.74, 6) is -0.827. The SMILES string of the molecule is O=C(Cc1ccc(S(=O)(=O)N2CCCCC2)s1)OCC(=O)c1ccccc1. The van der Waals surface area contributed by atoms with E-state index >= 15 is 0 Å². The van der Waals surface area contributed by atoms with Gasteiger partial charge < -0.3 is 4.74 Å². The third-order valence-corrected chi connectivity index (χ3v) is 7.78. The van der Waals surface area contributed by atoms with Crippen LogP contribution in [-0.2, 0) is 26.0 Å². The zero-order chi connectivity index (χ0) is 19.3. The third-order valence-electron chi connectivity index (χ3n) is 4.32. The molecule has 1 aromatic heterocycles. The predicted molar refractivity (Wildman–Crippen MR) is 102 cm³/mol. The molecular weight excluding hydrogens is 386 g/mol. The molecule has 1 fully saturated rings. The molecule has 0 aliphatic carbocycles. The van der Waals surface area contributed by atoms with E-state index in [0.29, 0.717) is 23.5 Å². The van der Waals surface area contributed by atoms with E-state index in [0.717, 1.165) is 30.6 Å². The summed E-state index contributed by atoms with van der Waals surface area (Å²) >= 11 is 1.08. The van der Waals surface area contributed by atoms with Crippen LogP contribution in [0.4, 0.5) is 0 Å². The number of carbonyl (C=O) groups excluding carboxylic acids is 2. The number of piperidine rings is 1. The first-order chi connectivity index (χ1) is 13.0. The highest BCUT2D eigenvalue weighted by molar-refractivity contribution is 7.91. The second-order valence-corrected chi connectivity index (χ2v) is 9.65. The first kappa shape index (κ1) is 19.7. The lowest BCUT2D eigenvalue weighted by molar-refractivity contribution is -0.141. The zero-order valence-corrected chi connectivity index (χ0v) is 16.4. The smallest absolute Gasteiger partial charge is 0.311 e. The summed E-state index contributed by atoms with van der Waals surface area (Å²) in [6.07, 6.45) is 2.75. The molecule has 0 bridgehead atoms. The molecule has 8 heteroatoms. The molecular formula is C19H21NO5S2. The quantitative estimate of drug-likeness (QED) is 0.521. The third kappa shape index (κ3) is 5.03. The standard InChI is InChI=1S/C19H21NO5S2/c21-17(15-7-3-1-4-8-15)14-25-18(22)13-16-9-10-19(26-16)27(23,24)20-11-5-2-6-12-20/h1,3-4,7-10H,2,5-6,11-14H2. The number of rotatable bonds is 7. The maximum atomic E-state index is 12.6. The summed E-state index contributed by atoms with van der Waals surface area (Å²) in [6.45, 7) is 0.756. The monoisotopic (exact) mass is 407 g/mol. The average molecular weight is 408 g/mol. The van der Waals surface area contributed by atoms with Gasteiger partial charge in [-0.2, -0.15) is 4.31 Å². The van der Waals surface area contributed by atoms with E-state index in [1.54, 1.807) is 36.4 Å². The number of esters is 1. The van der Waals surface area contributed by atoms with Crippen molar-refractivity contribution < 1.29 is 22.7 Å². The van der Waals surface area contributed by atoms with Gasteiger partial charge in [0.05, 0.1) is 6.42 Å². The van der Waals surface area contributed by atoms with Crippen molar-refractivity contribution in [3.05, 3.63) is 52.9 Å². The molecule has 27 heavy (non-hydrogen) atoms. The van der Waals surface area contributed by atoms with Crippen LogP contribution >= 0.6 is 11.3 Å². The van der Waals surface area contributed by atoms with Gasteiger partial charge in [0.1, 0.15) is 4.21 Å². The lowest BCUT2D eigenvalue weighted by Gasteiger charge is -2.25. The largest absolute Gasteiger partial charge is 0.457 e. The van der Waals surface area contributed by atoms with E-state index in [2.05, 4.69) is 0 Å². The van der Waals surface area contributed by atoms with Crippen LogP contribution in [-0.4, -0.2) is 44.2 Å². The Hall–Kier alpha value is -2.03. The molecule has 1 aliphatic heterocycles. The van der Waals surface area contributed by atoms with Crippen molar-refractivity contribution >= 4 is 33.1 Å². The number of ketones is 1. The Balaban J connectivity index is 1.55. The zero-order valence-electron chi connectivity index (χ0n) is 14.8. The highest BCUT2D eigenvalue weighted by Gasteiger charge is 2.27. The van der Waals surface area contributed by atoms with Gasteiger partial charge >= 0.3 is 5.97 Å². The van der Waals surface area contributed by atoms with Crippen LogP contribution < -0.4 is 0 Å². The summed E-state index contributed by atoms with van der Waals surface area (Å²) in [5.41, 5.74) is 0.483. The van der Waals surface area contributed by atoms with E-state index in [-0.39, 0.29) is 23.0 Å². The molecule has 1 aliphatic rings. The Morgan fingerprint density at radius 2 is 1.70 bits per heavy atom. The number of sulfonamides is 1. The van der Waals surface area contributed by atoms with Crippen molar-refractivity contribution in [2.45, 2.75) is 29.9 Å². The van der Waals surface area contributed by atoms with Crippen LogP contribution in [0.2, 0.25) is 0 Å². The van der Waals surface area contributed by atoms with Crippen LogP contribution in [0.1, 0.15) is 34.5 Å². The maximum absolute atomic E-state index is 12.6. The lowest BCUT2D eigenvalue weighted by Crippen LogP contribution is -2.35. The van der Waals surface area contributed by atoms with Gasteiger partial charge in [-0.3, -0.25) is 9.59 Å². The maximum Gasteiger partial charge on any atom is 0.311 e. The molecule has 2 heterocycles. The summed E-state index contributed by atoms with van der Waals surface area (Å²) in [7, 11) is -3.49. The Bertz CT molecular complexity index is 899. The summed E-state index contributed by atoms with van der Waals surface area (Å²) in [4.78, 5) is 24.5. The minimum atomic E-state index is -3.49. The van der Waals surface area contributed by atoms with E-state index in [4.69, 9.17) is 4.74 Å². The summed E-state index contributed by atoms with van der Waals surface area (Å²) < 4.78 is 32.0. The molecule has 0 radical (unpaired) electrons. The molecule has 0 amide bonds. The van der Waals surface area contributed by atoms with E-state index in [9.17, 15) is 18.0 Å². The topological polar surface area (TPSA) is 80.8 Å². The van der Waals surface area contributed by atoms with Crippen LogP contribution in [0.5, 0.6) is 0 Å². The first-order valence-corrected chi connectivity index (χ1v) is 11.1. The molecule has 0 atom stereocenters. The highest BCUT2D eigenvalue weighted by Crippen LogP contribution is 2.27. The molecule has 1 saturated heterocycles. The second kappa shape index (κ2) is 8.77. The number of Topliss-reactive ketones (excluding diaryl/α,β-unsaturated/α-hetero) is 1. The summed E-state index contributed by atoms with van der Waals surface area (Å²) in [5, 5.41) is 0. The van der Waals surface area contributed by atoms with Gasteiger partial charge in [0.15, 0.2) is 12.4 Å².